The standard InChI is InChI=1S/C13H18/c1-9(2)12-10(3)13(12)11-7-5-4-6-8-11/h4-10,12-13H,1-3H3/t10-,12+,13-/m0/s1. The van der Waals surface area contributed by atoms with Crippen LogP contribution in [0.2, 0.25) is 0 Å². The van der Waals surface area contributed by atoms with E-state index in [0.29, 0.717) is 0 Å². The van der Waals surface area contributed by atoms with Crippen LogP contribution in [0.4, 0.5) is 0 Å². The Labute approximate surface area is 81.0 Å². The van der Waals surface area contributed by atoms with Gasteiger partial charge in [-0.1, -0.05) is 51.1 Å². The fraction of sp³-hybridized carbons (Fsp3) is 0.538. The van der Waals surface area contributed by atoms with Crippen LogP contribution < -0.4 is 0 Å². The normalized spacial score (nSPS) is 32.2. The lowest BCUT2D eigenvalue weighted by atomic mass is 10.0. The van der Waals surface area contributed by atoms with Gasteiger partial charge >= 0.3 is 0 Å². The summed E-state index contributed by atoms with van der Waals surface area (Å²) in [7, 11) is 0. The predicted octanol–water partition coefficient (Wildman–Crippen LogP) is 3.69. The molecule has 70 valence electrons. The van der Waals surface area contributed by atoms with Crippen LogP contribution in [-0.2, 0) is 0 Å². The van der Waals surface area contributed by atoms with Crippen molar-refractivity contribution in [2.45, 2.75) is 26.7 Å². The fourth-order valence-corrected chi connectivity index (χ4v) is 2.72. The average Bonchev–Trinajstić information content (AvgIpc) is 2.79. The van der Waals surface area contributed by atoms with E-state index >= 15 is 0 Å². The molecule has 0 aromatic heterocycles. The average molecular weight is 174 g/mol. The fourth-order valence-electron chi connectivity index (χ4n) is 2.72. The van der Waals surface area contributed by atoms with Crippen molar-refractivity contribution in [3.8, 4) is 0 Å². The first-order valence-corrected chi connectivity index (χ1v) is 5.26. The Balaban J connectivity index is 2.14. The highest BCUT2D eigenvalue weighted by atomic mass is 14.5. The maximum absolute atomic E-state index is 2.38. The molecular formula is C13H18. The maximum Gasteiger partial charge on any atom is -0.00997 e. The highest BCUT2D eigenvalue weighted by molar-refractivity contribution is 5.27. The van der Waals surface area contributed by atoms with Crippen molar-refractivity contribution in [3.05, 3.63) is 35.9 Å². The van der Waals surface area contributed by atoms with E-state index in [1.807, 2.05) is 0 Å². The Kier molecular flexibility index (Phi) is 2.15. The summed E-state index contributed by atoms with van der Waals surface area (Å²) in [5.41, 5.74) is 1.54. The summed E-state index contributed by atoms with van der Waals surface area (Å²) >= 11 is 0. The molecule has 0 unspecified atom stereocenters. The van der Waals surface area contributed by atoms with Crippen LogP contribution in [0.15, 0.2) is 30.3 Å². The molecule has 13 heavy (non-hydrogen) atoms. The molecular weight excluding hydrogens is 156 g/mol. The zero-order valence-electron chi connectivity index (χ0n) is 8.70. The van der Waals surface area contributed by atoms with Gasteiger partial charge in [-0.25, -0.2) is 0 Å². The van der Waals surface area contributed by atoms with Gasteiger partial charge in [-0.3, -0.25) is 0 Å². The predicted molar refractivity (Wildman–Crippen MR) is 56.7 cm³/mol. The summed E-state index contributed by atoms with van der Waals surface area (Å²) < 4.78 is 0. The van der Waals surface area contributed by atoms with Gasteiger partial charge in [-0.05, 0) is 29.2 Å². The van der Waals surface area contributed by atoms with Crippen molar-refractivity contribution in [1.29, 1.82) is 0 Å². The monoisotopic (exact) mass is 174 g/mol. The van der Waals surface area contributed by atoms with E-state index in [9.17, 15) is 0 Å². The molecule has 0 bridgehead atoms. The second-order valence-electron chi connectivity index (χ2n) is 4.62. The maximum atomic E-state index is 2.38. The van der Waals surface area contributed by atoms with Crippen LogP contribution in [0.1, 0.15) is 32.3 Å². The van der Waals surface area contributed by atoms with Gasteiger partial charge in [-0.2, -0.15) is 0 Å². The quantitative estimate of drug-likeness (QED) is 0.641. The van der Waals surface area contributed by atoms with Gasteiger partial charge < -0.3 is 0 Å². The Morgan fingerprint density at radius 3 is 2.15 bits per heavy atom. The Hall–Kier alpha value is -0.780. The highest BCUT2D eigenvalue weighted by Crippen LogP contribution is 2.57. The molecule has 1 aromatic carbocycles. The SMILES string of the molecule is CC(C)[C@@H]1[C@H](C)[C@H]1c1ccccc1. The number of hydrogen-bond acceptors (Lipinski definition) is 0. The molecule has 0 amide bonds. The number of benzene rings is 1. The molecule has 1 saturated carbocycles. The van der Waals surface area contributed by atoms with Crippen LogP contribution >= 0.6 is 0 Å². The van der Waals surface area contributed by atoms with Gasteiger partial charge in [0.1, 0.15) is 0 Å². The number of hydrogen-bond donors (Lipinski definition) is 0. The van der Waals surface area contributed by atoms with Gasteiger partial charge in [0.05, 0.1) is 0 Å². The zero-order chi connectivity index (χ0) is 9.42. The molecule has 0 saturated heterocycles. The van der Waals surface area contributed by atoms with Crippen LogP contribution in [0.5, 0.6) is 0 Å². The molecule has 0 heterocycles. The molecule has 3 atom stereocenters. The third-order valence-electron chi connectivity index (χ3n) is 3.40. The van der Waals surface area contributed by atoms with Crippen molar-refractivity contribution in [2.75, 3.05) is 0 Å². The van der Waals surface area contributed by atoms with Gasteiger partial charge in [0.2, 0.25) is 0 Å². The van der Waals surface area contributed by atoms with E-state index in [4.69, 9.17) is 0 Å². The summed E-state index contributed by atoms with van der Waals surface area (Å²) in [6.45, 7) is 7.05. The summed E-state index contributed by atoms with van der Waals surface area (Å²) in [4.78, 5) is 0. The van der Waals surface area contributed by atoms with E-state index in [0.717, 1.165) is 23.7 Å². The Bertz CT molecular complexity index is 273. The smallest absolute Gasteiger partial charge is 0.00997 e. The lowest BCUT2D eigenvalue weighted by Crippen LogP contribution is -1.92. The molecule has 0 aliphatic heterocycles. The molecule has 0 nitrogen and oxygen atoms in total. The minimum absolute atomic E-state index is 0.834. The zero-order valence-corrected chi connectivity index (χ0v) is 8.70. The second kappa shape index (κ2) is 3.17. The van der Waals surface area contributed by atoms with Gasteiger partial charge in [0, 0.05) is 0 Å². The molecule has 1 aliphatic carbocycles. The summed E-state index contributed by atoms with van der Waals surface area (Å²) in [6, 6.07) is 10.9. The van der Waals surface area contributed by atoms with E-state index < -0.39 is 0 Å². The van der Waals surface area contributed by atoms with Crippen molar-refractivity contribution >= 4 is 0 Å². The lowest BCUT2D eigenvalue weighted by Gasteiger charge is -2.02. The first-order chi connectivity index (χ1) is 6.22. The molecule has 0 radical (unpaired) electrons. The van der Waals surface area contributed by atoms with Crippen LogP contribution in [0.25, 0.3) is 0 Å². The van der Waals surface area contributed by atoms with Crippen LogP contribution in [0, 0.1) is 17.8 Å². The molecule has 1 aromatic rings. The van der Waals surface area contributed by atoms with Gasteiger partial charge in [0.15, 0.2) is 0 Å². The summed E-state index contributed by atoms with van der Waals surface area (Å²) in [6.07, 6.45) is 0. The molecule has 0 N–H and O–H groups in total. The van der Waals surface area contributed by atoms with Gasteiger partial charge in [0.25, 0.3) is 0 Å². The largest absolute Gasteiger partial charge is 0.0625 e. The van der Waals surface area contributed by atoms with Crippen molar-refractivity contribution < 1.29 is 0 Å². The second-order valence-corrected chi connectivity index (χ2v) is 4.62. The third-order valence-corrected chi connectivity index (χ3v) is 3.40. The minimum atomic E-state index is 0.834. The van der Waals surface area contributed by atoms with Crippen LogP contribution in [-0.4, -0.2) is 0 Å². The van der Waals surface area contributed by atoms with E-state index in [1.165, 1.54) is 5.56 Å². The van der Waals surface area contributed by atoms with E-state index in [1.54, 1.807) is 0 Å². The van der Waals surface area contributed by atoms with Gasteiger partial charge in [-0.15, -0.1) is 0 Å². The Morgan fingerprint density at radius 2 is 1.69 bits per heavy atom. The molecule has 1 fully saturated rings. The molecule has 0 spiro atoms. The van der Waals surface area contributed by atoms with Crippen molar-refractivity contribution in [3.63, 3.8) is 0 Å². The first kappa shape index (κ1) is 8.80. The van der Waals surface area contributed by atoms with Crippen molar-refractivity contribution in [2.24, 2.45) is 17.8 Å². The third kappa shape index (κ3) is 1.50. The minimum Gasteiger partial charge on any atom is -0.0625 e. The van der Waals surface area contributed by atoms with Crippen LogP contribution in [0.3, 0.4) is 0 Å². The molecule has 0 heteroatoms. The highest BCUT2D eigenvalue weighted by Gasteiger charge is 2.48. The topological polar surface area (TPSA) is 0 Å². The number of rotatable bonds is 2. The first-order valence-electron chi connectivity index (χ1n) is 5.26. The summed E-state index contributed by atoms with van der Waals surface area (Å²) in [5, 5.41) is 0. The van der Waals surface area contributed by atoms with E-state index in [2.05, 4.69) is 51.1 Å². The molecule has 1 aliphatic rings. The molecule has 2 rings (SSSR count). The lowest BCUT2D eigenvalue weighted by molar-refractivity contribution is 0.524. The van der Waals surface area contributed by atoms with Crippen molar-refractivity contribution in [1.82, 2.24) is 0 Å². The summed E-state index contributed by atoms with van der Waals surface area (Å²) in [5.74, 6) is 3.48. The van der Waals surface area contributed by atoms with E-state index in [-0.39, 0.29) is 0 Å². The Morgan fingerprint density at radius 1 is 1.08 bits per heavy atom.